The average Bonchev–Trinajstić information content (AvgIpc) is 2.47. The number of morpholine rings is 1. The third-order valence-electron chi connectivity index (χ3n) is 3.65. The lowest BCUT2D eigenvalue weighted by Gasteiger charge is -2.33. The van der Waals surface area contributed by atoms with Crippen LogP contribution in [0.15, 0.2) is 24.3 Å². The lowest BCUT2D eigenvalue weighted by atomic mass is 10.2. The van der Waals surface area contributed by atoms with Crippen LogP contribution in [0.2, 0.25) is 0 Å². The molecule has 1 aliphatic heterocycles. The Morgan fingerprint density at radius 2 is 2.09 bits per heavy atom. The predicted octanol–water partition coefficient (Wildman–Crippen LogP) is 2.47. The number of nitrogens with one attached hydrogen (secondary N) is 2. The summed E-state index contributed by atoms with van der Waals surface area (Å²) in [5, 5.41) is 5.72. The standard InChI is InChI=1S/C17H27N3O2/c1-13(2)11-20-8-9-22-16(12-20)10-18-17(21)19-15-6-4-14(3)5-7-15/h4-7,13,16H,8-12H2,1-3H3,(H2,18,19,21)/t16-/m0/s1. The van der Waals surface area contributed by atoms with Gasteiger partial charge in [0.2, 0.25) is 0 Å². The van der Waals surface area contributed by atoms with E-state index in [1.165, 1.54) is 5.56 Å². The summed E-state index contributed by atoms with van der Waals surface area (Å²) in [5.74, 6) is 0.650. The van der Waals surface area contributed by atoms with Gasteiger partial charge < -0.3 is 15.4 Å². The second-order valence-electron chi connectivity index (χ2n) is 6.35. The maximum Gasteiger partial charge on any atom is 0.319 e. The number of nitrogens with zero attached hydrogens (tertiary/aromatic N) is 1. The molecule has 0 saturated carbocycles. The van der Waals surface area contributed by atoms with Gasteiger partial charge in [0.25, 0.3) is 0 Å². The van der Waals surface area contributed by atoms with Crippen LogP contribution in [0.3, 0.4) is 0 Å². The first-order valence-electron chi connectivity index (χ1n) is 7.98. The smallest absolute Gasteiger partial charge is 0.319 e. The van der Waals surface area contributed by atoms with Crippen LogP contribution < -0.4 is 10.6 Å². The van der Waals surface area contributed by atoms with E-state index in [1.54, 1.807) is 0 Å². The Kier molecular flexibility index (Phi) is 6.21. The second-order valence-corrected chi connectivity index (χ2v) is 6.35. The van der Waals surface area contributed by atoms with Crippen molar-refractivity contribution in [1.82, 2.24) is 10.2 Å². The van der Waals surface area contributed by atoms with E-state index in [-0.39, 0.29) is 12.1 Å². The Labute approximate surface area is 133 Å². The molecule has 1 aromatic rings. The van der Waals surface area contributed by atoms with E-state index in [1.807, 2.05) is 31.2 Å². The van der Waals surface area contributed by atoms with E-state index in [0.29, 0.717) is 12.5 Å². The van der Waals surface area contributed by atoms with Crippen LogP contribution >= 0.6 is 0 Å². The number of rotatable bonds is 5. The van der Waals surface area contributed by atoms with Crippen LogP contribution in [0.4, 0.5) is 10.5 Å². The summed E-state index contributed by atoms with van der Waals surface area (Å²) in [6, 6.07) is 7.56. The molecule has 22 heavy (non-hydrogen) atoms. The molecule has 5 heteroatoms. The molecule has 0 spiro atoms. The Bertz CT molecular complexity index is 473. The first kappa shape index (κ1) is 16.8. The molecule has 2 rings (SSSR count). The molecule has 0 bridgehead atoms. The highest BCUT2D eigenvalue weighted by Crippen LogP contribution is 2.09. The lowest BCUT2D eigenvalue weighted by Crippen LogP contribution is -2.48. The third kappa shape index (κ3) is 5.66. The maximum atomic E-state index is 11.9. The van der Waals surface area contributed by atoms with Gasteiger partial charge in [-0.05, 0) is 25.0 Å². The van der Waals surface area contributed by atoms with Crippen molar-refractivity contribution in [3.63, 3.8) is 0 Å². The summed E-state index contributed by atoms with van der Waals surface area (Å²) in [5.41, 5.74) is 1.97. The molecule has 2 amide bonds. The summed E-state index contributed by atoms with van der Waals surface area (Å²) in [6.45, 7) is 10.7. The minimum atomic E-state index is -0.187. The highest BCUT2D eigenvalue weighted by Gasteiger charge is 2.21. The predicted molar refractivity (Wildman–Crippen MR) is 89.2 cm³/mol. The van der Waals surface area contributed by atoms with Gasteiger partial charge in [-0.25, -0.2) is 4.79 Å². The minimum Gasteiger partial charge on any atom is -0.374 e. The summed E-state index contributed by atoms with van der Waals surface area (Å²) in [4.78, 5) is 14.3. The molecular formula is C17H27N3O2. The van der Waals surface area contributed by atoms with Crippen LogP contribution in [-0.2, 0) is 4.74 Å². The van der Waals surface area contributed by atoms with Crippen LogP contribution in [0.1, 0.15) is 19.4 Å². The van der Waals surface area contributed by atoms with Crippen LogP contribution in [0.5, 0.6) is 0 Å². The van der Waals surface area contributed by atoms with E-state index < -0.39 is 0 Å². The number of carbonyl (C=O) groups excluding carboxylic acids is 1. The summed E-state index contributed by atoms with van der Waals surface area (Å²) >= 11 is 0. The highest BCUT2D eigenvalue weighted by molar-refractivity contribution is 5.89. The van der Waals surface area contributed by atoms with Gasteiger partial charge in [0.15, 0.2) is 0 Å². The molecule has 1 saturated heterocycles. The summed E-state index contributed by atoms with van der Waals surface area (Å²) < 4.78 is 5.72. The van der Waals surface area contributed by atoms with Gasteiger partial charge in [-0.1, -0.05) is 31.5 Å². The Morgan fingerprint density at radius 1 is 1.36 bits per heavy atom. The number of benzene rings is 1. The summed E-state index contributed by atoms with van der Waals surface area (Å²) in [7, 11) is 0. The maximum absolute atomic E-state index is 11.9. The Morgan fingerprint density at radius 3 is 2.77 bits per heavy atom. The monoisotopic (exact) mass is 305 g/mol. The molecule has 0 aliphatic carbocycles. The van der Waals surface area contributed by atoms with Crippen molar-refractivity contribution >= 4 is 11.7 Å². The number of anilines is 1. The number of urea groups is 1. The zero-order valence-electron chi connectivity index (χ0n) is 13.8. The average molecular weight is 305 g/mol. The molecule has 0 radical (unpaired) electrons. The largest absolute Gasteiger partial charge is 0.374 e. The summed E-state index contributed by atoms with van der Waals surface area (Å²) in [6.07, 6.45) is 0.0660. The minimum absolute atomic E-state index is 0.0660. The molecule has 0 unspecified atom stereocenters. The van der Waals surface area contributed by atoms with E-state index in [4.69, 9.17) is 4.74 Å². The van der Waals surface area contributed by atoms with Crippen molar-refractivity contribution in [3.05, 3.63) is 29.8 Å². The molecule has 1 atom stereocenters. The number of hydrogen-bond donors (Lipinski definition) is 2. The number of hydrogen-bond acceptors (Lipinski definition) is 3. The molecule has 1 fully saturated rings. The Hall–Kier alpha value is -1.59. The van der Waals surface area contributed by atoms with Crippen LogP contribution in [0, 0.1) is 12.8 Å². The van der Waals surface area contributed by atoms with Gasteiger partial charge in [0.05, 0.1) is 12.7 Å². The molecule has 122 valence electrons. The van der Waals surface area contributed by atoms with E-state index in [9.17, 15) is 4.79 Å². The number of carbonyl (C=O) groups is 1. The van der Waals surface area contributed by atoms with Gasteiger partial charge in [-0.3, -0.25) is 4.90 Å². The van der Waals surface area contributed by atoms with E-state index in [2.05, 4.69) is 29.4 Å². The van der Waals surface area contributed by atoms with Gasteiger partial charge in [-0.2, -0.15) is 0 Å². The highest BCUT2D eigenvalue weighted by atomic mass is 16.5. The quantitative estimate of drug-likeness (QED) is 0.878. The first-order chi connectivity index (χ1) is 10.5. The normalized spacial score (nSPS) is 19.2. The fourth-order valence-electron chi connectivity index (χ4n) is 2.60. The van der Waals surface area contributed by atoms with Crippen molar-refractivity contribution in [2.45, 2.75) is 26.9 Å². The molecule has 2 N–H and O–H groups in total. The molecule has 1 heterocycles. The fourth-order valence-corrected chi connectivity index (χ4v) is 2.60. The van der Waals surface area contributed by atoms with Crippen molar-refractivity contribution in [3.8, 4) is 0 Å². The van der Waals surface area contributed by atoms with Gasteiger partial charge >= 0.3 is 6.03 Å². The molecule has 0 aromatic heterocycles. The zero-order valence-corrected chi connectivity index (χ0v) is 13.8. The lowest BCUT2D eigenvalue weighted by molar-refractivity contribution is -0.0288. The topological polar surface area (TPSA) is 53.6 Å². The Balaban J connectivity index is 1.72. The van der Waals surface area contributed by atoms with Gasteiger partial charge in [0.1, 0.15) is 0 Å². The number of ether oxygens (including phenoxy) is 1. The SMILES string of the molecule is Cc1ccc(NC(=O)NC[C@H]2CN(CC(C)C)CCO2)cc1. The third-order valence-corrected chi connectivity index (χ3v) is 3.65. The number of aryl methyl sites for hydroxylation is 1. The first-order valence-corrected chi connectivity index (χ1v) is 7.98. The van der Waals surface area contributed by atoms with Crippen molar-refractivity contribution in [1.29, 1.82) is 0 Å². The number of amides is 2. The molecule has 5 nitrogen and oxygen atoms in total. The molecule has 1 aliphatic rings. The second kappa shape index (κ2) is 8.15. The molecule has 1 aromatic carbocycles. The van der Waals surface area contributed by atoms with E-state index in [0.717, 1.165) is 31.9 Å². The van der Waals surface area contributed by atoms with Gasteiger partial charge in [0, 0.05) is 31.9 Å². The molecular weight excluding hydrogens is 278 g/mol. The van der Waals surface area contributed by atoms with Gasteiger partial charge in [-0.15, -0.1) is 0 Å². The van der Waals surface area contributed by atoms with E-state index >= 15 is 0 Å². The van der Waals surface area contributed by atoms with Crippen molar-refractivity contribution in [2.24, 2.45) is 5.92 Å². The zero-order chi connectivity index (χ0) is 15.9. The van der Waals surface area contributed by atoms with Crippen molar-refractivity contribution in [2.75, 3.05) is 38.1 Å². The fraction of sp³-hybridized carbons (Fsp3) is 0.588. The van der Waals surface area contributed by atoms with Crippen LogP contribution in [0.25, 0.3) is 0 Å². The van der Waals surface area contributed by atoms with Crippen molar-refractivity contribution < 1.29 is 9.53 Å². The van der Waals surface area contributed by atoms with Crippen LogP contribution in [-0.4, -0.2) is 49.8 Å².